The van der Waals surface area contributed by atoms with E-state index in [2.05, 4.69) is 5.16 Å². The molecule has 1 fully saturated rings. The van der Waals surface area contributed by atoms with Gasteiger partial charge in [0.05, 0.1) is 13.0 Å². The van der Waals surface area contributed by atoms with Crippen LogP contribution in [0.5, 0.6) is 5.75 Å². The van der Waals surface area contributed by atoms with Gasteiger partial charge < -0.3 is 18.9 Å². The summed E-state index contributed by atoms with van der Waals surface area (Å²) < 4.78 is 15.8. The number of rotatable bonds is 8. The molecule has 1 aromatic heterocycles. The molecule has 31 heavy (non-hydrogen) atoms. The number of benzene rings is 2. The number of hydrogen-bond acceptors (Lipinski definition) is 6. The number of methoxy groups -OCH3 is 1. The predicted molar refractivity (Wildman–Crippen MR) is 113 cm³/mol. The van der Waals surface area contributed by atoms with Crippen LogP contribution < -0.4 is 4.74 Å². The first-order chi connectivity index (χ1) is 15.1. The summed E-state index contributed by atoms with van der Waals surface area (Å²) in [6.45, 7) is 0.967. The maximum Gasteiger partial charge on any atom is 0.311 e. The third-order valence-electron chi connectivity index (χ3n) is 5.36. The molecule has 1 saturated heterocycles. The Balaban J connectivity index is 1.27. The lowest BCUT2D eigenvalue weighted by Gasteiger charge is -2.16. The molecule has 1 amide bonds. The first-order valence-corrected chi connectivity index (χ1v) is 10.2. The van der Waals surface area contributed by atoms with Gasteiger partial charge in [0, 0.05) is 31.1 Å². The van der Waals surface area contributed by atoms with Gasteiger partial charge in [0.2, 0.25) is 5.91 Å². The van der Waals surface area contributed by atoms with Gasteiger partial charge >= 0.3 is 5.97 Å². The molecular weight excluding hydrogens is 396 g/mol. The first-order valence-electron chi connectivity index (χ1n) is 10.2. The highest BCUT2D eigenvalue weighted by atomic mass is 16.5. The normalized spacial score (nSPS) is 15.8. The fraction of sp³-hybridized carbons (Fsp3) is 0.292. The smallest absolute Gasteiger partial charge is 0.311 e. The summed E-state index contributed by atoms with van der Waals surface area (Å²) in [5.41, 5.74) is 2.69. The van der Waals surface area contributed by atoms with Crippen LogP contribution in [0.15, 0.2) is 65.2 Å². The zero-order valence-corrected chi connectivity index (χ0v) is 17.3. The minimum atomic E-state index is -0.452. The monoisotopic (exact) mass is 420 g/mol. The fourth-order valence-corrected chi connectivity index (χ4v) is 3.59. The van der Waals surface area contributed by atoms with Crippen LogP contribution in [0.25, 0.3) is 11.3 Å². The van der Waals surface area contributed by atoms with Crippen molar-refractivity contribution in [2.75, 3.05) is 20.2 Å². The van der Waals surface area contributed by atoms with Crippen LogP contribution in [0, 0.1) is 5.92 Å². The SMILES string of the molecule is COc1ccc(-c2cc(COC(=O)[C@@H]3CC(=O)N(CCc4ccccc4)C3)on2)cc1. The molecule has 1 aliphatic rings. The van der Waals surface area contributed by atoms with Crippen molar-refractivity contribution in [2.24, 2.45) is 5.92 Å². The highest BCUT2D eigenvalue weighted by Crippen LogP contribution is 2.24. The lowest BCUT2D eigenvalue weighted by Crippen LogP contribution is -2.28. The summed E-state index contributed by atoms with van der Waals surface area (Å²) in [5, 5.41) is 4.03. The fourth-order valence-electron chi connectivity index (χ4n) is 3.59. The van der Waals surface area contributed by atoms with Crippen molar-refractivity contribution in [2.45, 2.75) is 19.4 Å². The van der Waals surface area contributed by atoms with Crippen LogP contribution in [0.2, 0.25) is 0 Å². The van der Waals surface area contributed by atoms with Crippen molar-refractivity contribution in [1.29, 1.82) is 0 Å². The van der Waals surface area contributed by atoms with Gasteiger partial charge in [0.15, 0.2) is 12.4 Å². The zero-order valence-electron chi connectivity index (χ0n) is 17.3. The van der Waals surface area contributed by atoms with E-state index in [1.807, 2.05) is 54.6 Å². The Hall–Kier alpha value is -3.61. The molecule has 4 rings (SSSR count). The second-order valence-electron chi connectivity index (χ2n) is 7.49. The van der Waals surface area contributed by atoms with Crippen LogP contribution in [-0.2, 0) is 27.4 Å². The van der Waals surface area contributed by atoms with Crippen molar-refractivity contribution >= 4 is 11.9 Å². The molecule has 2 aromatic carbocycles. The maximum atomic E-state index is 12.5. The second-order valence-corrected chi connectivity index (χ2v) is 7.49. The minimum absolute atomic E-state index is 0.0145. The largest absolute Gasteiger partial charge is 0.497 e. The number of carbonyl (C=O) groups excluding carboxylic acids is 2. The topological polar surface area (TPSA) is 81.9 Å². The number of carbonyl (C=O) groups is 2. The number of hydrogen-bond donors (Lipinski definition) is 0. The summed E-state index contributed by atoms with van der Waals surface area (Å²) in [5.74, 6) is 0.347. The van der Waals surface area contributed by atoms with E-state index in [0.29, 0.717) is 24.5 Å². The van der Waals surface area contributed by atoms with Crippen molar-refractivity contribution in [3.05, 3.63) is 72.0 Å². The van der Waals surface area contributed by atoms with Gasteiger partial charge in [-0.1, -0.05) is 35.5 Å². The van der Waals surface area contributed by atoms with E-state index in [1.54, 1.807) is 18.1 Å². The highest BCUT2D eigenvalue weighted by molar-refractivity contribution is 5.86. The van der Waals surface area contributed by atoms with Crippen LogP contribution in [0.1, 0.15) is 17.7 Å². The minimum Gasteiger partial charge on any atom is -0.497 e. The van der Waals surface area contributed by atoms with Crippen molar-refractivity contribution < 1.29 is 23.6 Å². The standard InChI is InChI=1S/C24H24N2O5/c1-29-20-9-7-18(8-10-20)22-14-21(31-25-22)16-30-24(28)19-13-23(27)26(15-19)12-11-17-5-3-2-4-6-17/h2-10,14,19H,11-13,15-16H2,1H3/t19-/m1/s1. The molecule has 0 aliphatic carbocycles. The van der Waals surface area contributed by atoms with E-state index < -0.39 is 11.9 Å². The molecule has 7 heteroatoms. The second kappa shape index (κ2) is 9.47. The van der Waals surface area contributed by atoms with Gasteiger partial charge in [-0.15, -0.1) is 0 Å². The molecule has 3 aromatic rings. The summed E-state index contributed by atoms with van der Waals surface area (Å²) in [6.07, 6.45) is 0.946. The molecule has 1 atom stereocenters. The Kier molecular flexibility index (Phi) is 6.31. The highest BCUT2D eigenvalue weighted by Gasteiger charge is 2.35. The molecule has 0 unspecified atom stereocenters. The van der Waals surface area contributed by atoms with E-state index in [9.17, 15) is 9.59 Å². The molecular formula is C24H24N2O5. The summed E-state index contributed by atoms with van der Waals surface area (Å²) in [7, 11) is 1.61. The van der Waals surface area contributed by atoms with Crippen LogP contribution >= 0.6 is 0 Å². The number of amides is 1. The van der Waals surface area contributed by atoms with Crippen LogP contribution in [0.4, 0.5) is 0 Å². The molecule has 0 bridgehead atoms. The number of likely N-dealkylation sites (tertiary alicyclic amines) is 1. The number of nitrogens with zero attached hydrogens (tertiary/aromatic N) is 2. The van der Waals surface area contributed by atoms with Crippen LogP contribution in [-0.4, -0.2) is 42.1 Å². The average Bonchev–Trinajstić information content (AvgIpc) is 3.43. The third kappa shape index (κ3) is 5.12. The zero-order chi connectivity index (χ0) is 21.6. The van der Waals surface area contributed by atoms with E-state index in [1.165, 1.54) is 5.56 Å². The summed E-state index contributed by atoms with van der Waals surface area (Å²) >= 11 is 0. The molecule has 2 heterocycles. The van der Waals surface area contributed by atoms with Crippen LogP contribution in [0.3, 0.4) is 0 Å². The van der Waals surface area contributed by atoms with E-state index >= 15 is 0 Å². The number of aromatic nitrogens is 1. The Morgan fingerprint density at radius 3 is 2.68 bits per heavy atom. The Labute approximate surface area is 180 Å². The van der Waals surface area contributed by atoms with Gasteiger partial charge in [-0.25, -0.2) is 0 Å². The van der Waals surface area contributed by atoms with Crippen molar-refractivity contribution in [3.63, 3.8) is 0 Å². The molecule has 0 spiro atoms. The molecule has 0 saturated carbocycles. The Bertz CT molecular complexity index is 1030. The maximum absolute atomic E-state index is 12.5. The van der Waals surface area contributed by atoms with Gasteiger partial charge in [-0.2, -0.15) is 0 Å². The number of esters is 1. The molecule has 0 radical (unpaired) electrons. The summed E-state index contributed by atoms with van der Waals surface area (Å²) in [6, 6.07) is 19.1. The Morgan fingerprint density at radius 1 is 1.16 bits per heavy atom. The predicted octanol–water partition coefficient (Wildman–Crippen LogP) is 3.48. The molecule has 7 nitrogen and oxygen atoms in total. The third-order valence-corrected chi connectivity index (χ3v) is 5.36. The van der Waals surface area contributed by atoms with Crippen molar-refractivity contribution in [3.8, 4) is 17.0 Å². The first kappa shape index (κ1) is 20.7. The van der Waals surface area contributed by atoms with Gasteiger partial charge in [0.25, 0.3) is 0 Å². The quantitative estimate of drug-likeness (QED) is 0.519. The van der Waals surface area contributed by atoms with Crippen molar-refractivity contribution in [1.82, 2.24) is 10.1 Å². The number of ether oxygens (including phenoxy) is 2. The van der Waals surface area contributed by atoms with E-state index in [4.69, 9.17) is 14.0 Å². The van der Waals surface area contributed by atoms with E-state index in [-0.39, 0.29) is 18.9 Å². The van der Waals surface area contributed by atoms with Gasteiger partial charge in [0.1, 0.15) is 11.4 Å². The molecule has 160 valence electrons. The molecule has 0 N–H and O–H groups in total. The lowest BCUT2D eigenvalue weighted by atomic mass is 10.1. The van der Waals surface area contributed by atoms with Gasteiger partial charge in [-0.3, -0.25) is 9.59 Å². The Morgan fingerprint density at radius 2 is 1.94 bits per heavy atom. The van der Waals surface area contributed by atoms with Gasteiger partial charge in [-0.05, 0) is 36.2 Å². The summed E-state index contributed by atoms with van der Waals surface area (Å²) in [4.78, 5) is 26.5. The molecule has 1 aliphatic heterocycles. The lowest BCUT2D eigenvalue weighted by molar-refractivity contribution is -0.150. The van der Waals surface area contributed by atoms with E-state index in [0.717, 1.165) is 17.7 Å². The average molecular weight is 420 g/mol.